The van der Waals surface area contributed by atoms with E-state index in [0.717, 1.165) is 23.3 Å². The summed E-state index contributed by atoms with van der Waals surface area (Å²) in [6.45, 7) is 2.93. The van der Waals surface area contributed by atoms with Gasteiger partial charge in [0.15, 0.2) is 5.82 Å². The van der Waals surface area contributed by atoms with Crippen LogP contribution in [-0.4, -0.2) is 43.1 Å². The predicted molar refractivity (Wildman–Crippen MR) is 124 cm³/mol. The van der Waals surface area contributed by atoms with E-state index < -0.39 is 17.2 Å². The van der Waals surface area contributed by atoms with Crippen LogP contribution in [0, 0.1) is 5.41 Å². The standard InChI is InChI=1S/C26H24F3N3O3/c1-25(13-17-5-3-2-4-6-17,24(33)35-20-15-34-16-20)22-11-12-30-23-21(14-31-32(22)23)18-7-9-19(10-8-18)26(27,28)29/h2-12,20,31H,13-16H2,1H3. The summed E-state index contributed by atoms with van der Waals surface area (Å²) in [6.07, 6.45) is -0.907. The van der Waals surface area contributed by atoms with E-state index in [1.54, 1.807) is 17.3 Å². The summed E-state index contributed by atoms with van der Waals surface area (Å²) in [6, 6.07) is 14.7. The maximum Gasteiger partial charge on any atom is 0.416 e. The van der Waals surface area contributed by atoms with Crippen molar-refractivity contribution < 1.29 is 27.4 Å². The third kappa shape index (κ3) is 4.49. The Balaban J connectivity index is 1.48. The van der Waals surface area contributed by atoms with Crippen LogP contribution in [0.1, 0.15) is 23.6 Å². The zero-order chi connectivity index (χ0) is 24.6. The van der Waals surface area contributed by atoms with Gasteiger partial charge in [0.25, 0.3) is 0 Å². The normalized spacial score (nSPS) is 19.7. The molecule has 0 aromatic heterocycles. The Morgan fingerprint density at radius 3 is 2.49 bits per heavy atom. The van der Waals surface area contributed by atoms with E-state index in [4.69, 9.17) is 9.47 Å². The van der Waals surface area contributed by atoms with Gasteiger partial charge in [-0.25, -0.2) is 10.4 Å². The number of hydrogen-bond acceptors (Lipinski definition) is 6. The van der Waals surface area contributed by atoms with Crippen molar-refractivity contribution in [2.45, 2.75) is 25.6 Å². The minimum atomic E-state index is -4.40. The van der Waals surface area contributed by atoms with Crippen LogP contribution in [0.3, 0.4) is 0 Å². The lowest BCUT2D eigenvalue weighted by molar-refractivity contribution is -0.181. The Morgan fingerprint density at radius 1 is 1.14 bits per heavy atom. The highest BCUT2D eigenvalue weighted by molar-refractivity contribution is 5.86. The summed E-state index contributed by atoms with van der Waals surface area (Å²) >= 11 is 0. The van der Waals surface area contributed by atoms with Gasteiger partial charge in [0, 0.05) is 18.3 Å². The van der Waals surface area contributed by atoms with E-state index >= 15 is 0 Å². The second-order valence-corrected chi connectivity index (χ2v) is 8.94. The third-order valence-electron chi connectivity index (χ3n) is 6.42. The number of aliphatic imine (C=N–C) groups is 1. The van der Waals surface area contributed by atoms with Gasteiger partial charge < -0.3 is 9.47 Å². The Morgan fingerprint density at radius 2 is 1.86 bits per heavy atom. The molecule has 0 amide bonds. The zero-order valence-electron chi connectivity index (χ0n) is 19.0. The summed E-state index contributed by atoms with van der Waals surface area (Å²) < 4.78 is 49.9. The molecule has 1 N–H and O–H groups in total. The molecule has 2 aromatic rings. The highest BCUT2D eigenvalue weighted by atomic mass is 19.4. The Labute approximate surface area is 200 Å². The van der Waals surface area contributed by atoms with Gasteiger partial charge in [0.2, 0.25) is 0 Å². The summed E-state index contributed by atoms with van der Waals surface area (Å²) in [7, 11) is 0. The van der Waals surface area contributed by atoms with E-state index in [0.29, 0.717) is 43.3 Å². The van der Waals surface area contributed by atoms with Gasteiger partial charge in [0.05, 0.1) is 24.5 Å². The maximum absolute atomic E-state index is 13.5. The number of hydrazine groups is 1. The number of alkyl halides is 3. The van der Waals surface area contributed by atoms with Crippen LogP contribution in [0.2, 0.25) is 0 Å². The molecule has 1 fully saturated rings. The summed E-state index contributed by atoms with van der Waals surface area (Å²) in [5.74, 6) is 0.168. The number of carbonyl (C=O) groups is 1. The number of allylic oxidation sites excluding steroid dienone is 1. The number of halogens is 3. The number of hydrogen-bond donors (Lipinski definition) is 1. The molecule has 6 nitrogen and oxygen atoms in total. The second-order valence-electron chi connectivity index (χ2n) is 8.94. The molecule has 5 rings (SSSR count). The molecule has 0 bridgehead atoms. The molecule has 3 heterocycles. The molecular weight excluding hydrogens is 459 g/mol. The first kappa shape index (κ1) is 23.3. The molecular formula is C26H24F3N3O3. The highest BCUT2D eigenvalue weighted by Crippen LogP contribution is 2.41. The Kier molecular flexibility index (Phi) is 5.98. The zero-order valence-corrected chi connectivity index (χ0v) is 19.0. The number of ether oxygens (including phenoxy) is 2. The van der Waals surface area contributed by atoms with E-state index in [-0.39, 0.29) is 12.1 Å². The van der Waals surface area contributed by atoms with E-state index in [9.17, 15) is 18.0 Å². The van der Waals surface area contributed by atoms with Crippen LogP contribution in [0.25, 0.3) is 5.57 Å². The molecule has 9 heteroatoms. The first-order valence-electron chi connectivity index (χ1n) is 11.3. The smallest absolute Gasteiger partial charge is 0.416 e. The van der Waals surface area contributed by atoms with Gasteiger partial charge in [-0.2, -0.15) is 13.2 Å². The largest absolute Gasteiger partial charge is 0.457 e. The summed E-state index contributed by atoms with van der Waals surface area (Å²) in [5, 5.41) is 1.74. The number of esters is 1. The molecule has 0 radical (unpaired) electrons. The number of fused-ring (bicyclic) bond motifs is 1. The van der Waals surface area contributed by atoms with Crippen LogP contribution in [0.15, 0.2) is 77.2 Å². The van der Waals surface area contributed by atoms with Crippen molar-refractivity contribution in [3.63, 3.8) is 0 Å². The summed E-state index contributed by atoms with van der Waals surface area (Å²) in [4.78, 5) is 18.0. The molecule has 3 aliphatic rings. The number of carbonyl (C=O) groups excluding carboxylic acids is 1. The second kappa shape index (κ2) is 8.98. The molecule has 1 atom stereocenters. The van der Waals surface area contributed by atoms with Gasteiger partial charge in [-0.1, -0.05) is 42.5 Å². The molecule has 0 spiro atoms. The number of benzene rings is 2. The average molecular weight is 483 g/mol. The Hall–Kier alpha value is -3.43. The van der Waals surface area contributed by atoms with Crippen molar-refractivity contribution in [3.05, 3.63) is 88.9 Å². The molecule has 0 saturated carbocycles. The molecule has 0 aliphatic carbocycles. The maximum atomic E-state index is 13.5. The molecule has 35 heavy (non-hydrogen) atoms. The number of nitrogens with one attached hydrogen (secondary N) is 1. The van der Waals surface area contributed by atoms with Crippen LogP contribution >= 0.6 is 0 Å². The van der Waals surface area contributed by atoms with Gasteiger partial charge >= 0.3 is 12.1 Å². The predicted octanol–water partition coefficient (Wildman–Crippen LogP) is 4.35. The van der Waals surface area contributed by atoms with Crippen molar-refractivity contribution in [2.75, 3.05) is 19.8 Å². The van der Waals surface area contributed by atoms with Crippen molar-refractivity contribution in [1.82, 2.24) is 10.4 Å². The average Bonchev–Trinajstić information content (AvgIpc) is 3.25. The van der Waals surface area contributed by atoms with Gasteiger partial charge in [0.1, 0.15) is 11.5 Å². The van der Waals surface area contributed by atoms with Gasteiger partial charge in [-0.15, -0.1) is 0 Å². The fourth-order valence-corrected chi connectivity index (χ4v) is 4.39. The molecule has 2 aromatic carbocycles. The SMILES string of the molecule is CC(Cc1ccccc1)(C(=O)OC1COC1)C1=CC=NC2=C(c3ccc(C(F)(F)F)cc3)CNN12. The number of rotatable bonds is 6. The molecule has 182 valence electrons. The highest BCUT2D eigenvalue weighted by Gasteiger charge is 2.46. The van der Waals surface area contributed by atoms with Crippen molar-refractivity contribution in [1.29, 1.82) is 0 Å². The van der Waals surface area contributed by atoms with Crippen LogP contribution in [0.4, 0.5) is 13.2 Å². The lowest BCUT2D eigenvalue weighted by Crippen LogP contribution is -2.48. The monoisotopic (exact) mass is 483 g/mol. The van der Waals surface area contributed by atoms with E-state index in [1.807, 2.05) is 37.3 Å². The molecule has 1 unspecified atom stereocenters. The van der Waals surface area contributed by atoms with Crippen LogP contribution < -0.4 is 5.43 Å². The van der Waals surface area contributed by atoms with Crippen molar-refractivity contribution in [3.8, 4) is 0 Å². The van der Waals surface area contributed by atoms with E-state index in [1.165, 1.54) is 12.1 Å². The topological polar surface area (TPSA) is 63.2 Å². The van der Waals surface area contributed by atoms with E-state index in [2.05, 4.69) is 10.4 Å². The lowest BCUT2D eigenvalue weighted by Gasteiger charge is -2.38. The third-order valence-corrected chi connectivity index (χ3v) is 6.42. The van der Waals surface area contributed by atoms with Crippen LogP contribution in [-0.2, 0) is 26.9 Å². The fraction of sp³-hybridized carbons (Fsp3) is 0.308. The van der Waals surface area contributed by atoms with Gasteiger partial charge in [-0.3, -0.25) is 9.80 Å². The van der Waals surface area contributed by atoms with Crippen molar-refractivity contribution in [2.24, 2.45) is 10.4 Å². The first-order valence-corrected chi connectivity index (χ1v) is 11.3. The molecule has 1 saturated heterocycles. The van der Waals surface area contributed by atoms with Crippen LogP contribution in [0.5, 0.6) is 0 Å². The minimum absolute atomic E-state index is 0.278. The fourth-order valence-electron chi connectivity index (χ4n) is 4.39. The molecule has 3 aliphatic heterocycles. The van der Waals surface area contributed by atoms with Crippen molar-refractivity contribution >= 4 is 17.8 Å². The quantitative estimate of drug-likeness (QED) is 0.619. The lowest BCUT2D eigenvalue weighted by atomic mass is 9.79. The minimum Gasteiger partial charge on any atom is -0.457 e. The summed E-state index contributed by atoms with van der Waals surface area (Å²) in [5.41, 5.74) is 4.47. The van der Waals surface area contributed by atoms with Gasteiger partial charge in [-0.05, 0) is 42.7 Å². The Bertz CT molecular complexity index is 1200. The first-order chi connectivity index (χ1) is 16.8. The number of nitrogens with zero attached hydrogens (tertiary/aromatic N) is 2.